The highest BCUT2D eigenvalue weighted by atomic mass is 35.5. The lowest BCUT2D eigenvalue weighted by Gasteiger charge is -2.11. The van der Waals surface area contributed by atoms with E-state index in [9.17, 15) is 4.79 Å². The summed E-state index contributed by atoms with van der Waals surface area (Å²) in [6, 6.07) is 12.2. The van der Waals surface area contributed by atoms with Crippen LogP contribution in [0.25, 0.3) is 16.7 Å². The molecule has 0 bridgehead atoms. The van der Waals surface area contributed by atoms with E-state index < -0.39 is 0 Å². The van der Waals surface area contributed by atoms with Gasteiger partial charge in [0.15, 0.2) is 23.0 Å². The Hall–Kier alpha value is -3.85. The number of nitrogens with zero attached hydrogens (tertiary/aromatic N) is 4. The average Bonchev–Trinajstić information content (AvgIpc) is 3.21. The minimum absolute atomic E-state index is 0.374. The molecule has 9 nitrogen and oxygen atoms in total. The van der Waals surface area contributed by atoms with Crippen molar-refractivity contribution >= 4 is 34.4 Å². The molecule has 2 heterocycles. The molecule has 0 saturated heterocycles. The summed E-state index contributed by atoms with van der Waals surface area (Å²) in [4.78, 5) is 21.0. The Morgan fingerprint density at radius 2 is 1.87 bits per heavy atom. The molecule has 4 rings (SSSR count). The summed E-state index contributed by atoms with van der Waals surface area (Å²) in [7, 11) is 3.04. The van der Waals surface area contributed by atoms with Crippen LogP contribution in [0.5, 0.6) is 11.5 Å². The molecule has 4 aromatic rings. The number of methoxy groups -OCH3 is 2. The molecule has 1 amide bonds. The van der Waals surface area contributed by atoms with Gasteiger partial charge in [-0.2, -0.15) is 5.10 Å². The van der Waals surface area contributed by atoms with Gasteiger partial charge in [-0.3, -0.25) is 15.6 Å². The maximum atomic E-state index is 12.5. The summed E-state index contributed by atoms with van der Waals surface area (Å²) in [5, 5.41) is 5.52. The lowest BCUT2D eigenvalue weighted by Crippen LogP contribution is -2.30. The Kier molecular flexibility index (Phi) is 5.36. The fourth-order valence-corrected chi connectivity index (χ4v) is 3.12. The van der Waals surface area contributed by atoms with Gasteiger partial charge in [-0.15, -0.1) is 0 Å². The van der Waals surface area contributed by atoms with Crippen LogP contribution in [0.2, 0.25) is 5.02 Å². The predicted octanol–water partition coefficient (Wildman–Crippen LogP) is 3.24. The molecule has 0 aliphatic carbocycles. The second-order valence-corrected chi connectivity index (χ2v) is 6.52. The van der Waals surface area contributed by atoms with Crippen LogP contribution in [0.3, 0.4) is 0 Å². The lowest BCUT2D eigenvalue weighted by atomic mass is 10.2. The Balaban J connectivity index is 1.58. The SMILES string of the molecule is COc1ccc(C(=O)NNc2ncnc3c2cnn3-c2ccccc2Cl)cc1OC. The summed E-state index contributed by atoms with van der Waals surface area (Å²) >= 11 is 6.28. The summed E-state index contributed by atoms with van der Waals surface area (Å²) in [5.74, 6) is 1.01. The fraction of sp³-hybridized carbons (Fsp3) is 0.100. The molecule has 0 radical (unpaired) electrons. The third-order valence-electron chi connectivity index (χ3n) is 4.39. The summed E-state index contributed by atoms with van der Waals surface area (Å²) in [6.45, 7) is 0. The van der Waals surface area contributed by atoms with Gasteiger partial charge in [0.05, 0.1) is 36.5 Å². The van der Waals surface area contributed by atoms with Gasteiger partial charge >= 0.3 is 0 Å². The molecule has 10 heteroatoms. The highest BCUT2D eigenvalue weighted by Crippen LogP contribution is 2.28. The van der Waals surface area contributed by atoms with E-state index in [4.69, 9.17) is 21.1 Å². The van der Waals surface area contributed by atoms with Gasteiger partial charge in [-0.05, 0) is 30.3 Å². The zero-order valence-corrected chi connectivity index (χ0v) is 16.8. The average molecular weight is 425 g/mol. The molecule has 30 heavy (non-hydrogen) atoms. The van der Waals surface area contributed by atoms with Crippen LogP contribution in [0.1, 0.15) is 10.4 Å². The highest BCUT2D eigenvalue weighted by Gasteiger charge is 2.15. The van der Waals surface area contributed by atoms with Gasteiger partial charge < -0.3 is 9.47 Å². The van der Waals surface area contributed by atoms with Crippen molar-refractivity contribution in [1.82, 2.24) is 25.2 Å². The van der Waals surface area contributed by atoms with Gasteiger partial charge in [0.25, 0.3) is 5.91 Å². The molecular weight excluding hydrogens is 408 g/mol. The largest absolute Gasteiger partial charge is 0.493 e. The number of anilines is 1. The van der Waals surface area contributed by atoms with E-state index in [0.717, 1.165) is 0 Å². The van der Waals surface area contributed by atoms with E-state index in [2.05, 4.69) is 25.9 Å². The molecule has 0 saturated carbocycles. The van der Waals surface area contributed by atoms with Crippen LogP contribution < -0.4 is 20.3 Å². The summed E-state index contributed by atoms with van der Waals surface area (Å²) in [5.41, 5.74) is 7.06. The van der Waals surface area contributed by atoms with E-state index in [0.29, 0.717) is 44.6 Å². The molecule has 0 aliphatic rings. The number of nitrogens with one attached hydrogen (secondary N) is 2. The normalized spacial score (nSPS) is 10.6. The van der Waals surface area contributed by atoms with Crippen LogP contribution in [0, 0.1) is 0 Å². The number of ether oxygens (including phenoxy) is 2. The van der Waals surface area contributed by atoms with Crippen LogP contribution in [-0.4, -0.2) is 39.9 Å². The number of hydrogen-bond acceptors (Lipinski definition) is 7. The van der Waals surface area contributed by atoms with Crippen LogP contribution in [0.15, 0.2) is 55.0 Å². The Bertz CT molecular complexity index is 1230. The van der Waals surface area contributed by atoms with Gasteiger partial charge in [-0.25, -0.2) is 14.6 Å². The minimum Gasteiger partial charge on any atom is -0.493 e. The molecule has 2 aromatic carbocycles. The number of rotatable bonds is 6. The smallest absolute Gasteiger partial charge is 0.269 e. The number of aromatic nitrogens is 4. The molecule has 0 atom stereocenters. The number of benzene rings is 2. The quantitative estimate of drug-likeness (QED) is 0.458. The first-order chi connectivity index (χ1) is 14.6. The van der Waals surface area contributed by atoms with Gasteiger partial charge in [0.1, 0.15) is 6.33 Å². The molecule has 0 fully saturated rings. The molecule has 0 unspecified atom stereocenters. The third-order valence-corrected chi connectivity index (χ3v) is 4.71. The predicted molar refractivity (Wildman–Crippen MR) is 112 cm³/mol. The van der Waals surface area contributed by atoms with Crippen LogP contribution in [-0.2, 0) is 0 Å². The van der Waals surface area contributed by atoms with E-state index in [1.165, 1.54) is 20.5 Å². The number of carbonyl (C=O) groups excluding carboxylic acids is 1. The Morgan fingerprint density at radius 3 is 2.63 bits per heavy atom. The highest BCUT2D eigenvalue weighted by molar-refractivity contribution is 6.32. The monoisotopic (exact) mass is 424 g/mol. The maximum Gasteiger partial charge on any atom is 0.269 e. The second kappa shape index (κ2) is 8.26. The van der Waals surface area contributed by atoms with E-state index in [1.54, 1.807) is 35.1 Å². The second-order valence-electron chi connectivity index (χ2n) is 6.12. The molecule has 152 valence electrons. The lowest BCUT2D eigenvalue weighted by molar-refractivity contribution is 0.0962. The zero-order chi connectivity index (χ0) is 21.1. The summed E-state index contributed by atoms with van der Waals surface area (Å²) < 4.78 is 12.0. The van der Waals surface area contributed by atoms with Crippen molar-refractivity contribution in [2.45, 2.75) is 0 Å². The first kappa shape index (κ1) is 19.5. The van der Waals surface area contributed by atoms with Crippen molar-refractivity contribution in [2.75, 3.05) is 19.6 Å². The van der Waals surface area contributed by atoms with E-state index in [1.807, 2.05) is 18.2 Å². The van der Waals surface area contributed by atoms with E-state index in [-0.39, 0.29) is 5.91 Å². The van der Waals surface area contributed by atoms with Gasteiger partial charge in [0, 0.05) is 5.56 Å². The van der Waals surface area contributed by atoms with Crippen molar-refractivity contribution in [2.24, 2.45) is 0 Å². The topological polar surface area (TPSA) is 103 Å². The number of para-hydroxylation sites is 1. The summed E-state index contributed by atoms with van der Waals surface area (Å²) in [6.07, 6.45) is 2.98. The molecule has 0 spiro atoms. The van der Waals surface area contributed by atoms with Crippen molar-refractivity contribution in [1.29, 1.82) is 0 Å². The van der Waals surface area contributed by atoms with Gasteiger partial charge in [0.2, 0.25) is 0 Å². The number of halogens is 1. The standard InChI is InChI=1S/C20H17ClN6O3/c1-29-16-8-7-12(9-17(16)30-2)20(28)26-25-18-13-10-24-27(19(13)23-11-22-18)15-6-4-3-5-14(15)21/h3-11H,1-2H3,(H,26,28)(H,22,23,25). The number of amides is 1. The number of carbonyl (C=O) groups is 1. The Labute approximate surface area is 176 Å². The first-order valence-corrected chi connectivity index (χ1v) is 9.22. The zero-order valence-electron chi connectivity index (χ0n) is 16.1. The molecular formula is C20H17ClN6O3. The number of hydrogen-bond donors (Lipinski definition) is 2. The number of fused-ring (bicyclic) bond motifs is 1. The first-order valence-electron chi connectivity index (χ1n) is 8.84. The van der Waals surface area contributed by atoms with Crippen LogP contribution in [0.4, 0.5) is 5.82 Å². The van der Waals surface area contributed by atoms with Crippen molar-refractivity contribution in [3.63, 3.8) is 0 Å². The van der Waals surface area contributed by atoms with Gasteiger partial charge in [-0.1, -0.05) is 23.7 Å². The minimum atomic E-state index is -0.374. The van der Waals surface area contributed by atoms with E-state index >= 15 is 0 Å². The fourth-order valence-electron chi connectivity index (χ4n) is 2.91. The number of hydrazine groups is 1. The molecule has 2 N–H and O–H groups in total. The Morgan fingerprint density at radius 1 is 1.07 bits per heavy atom. The maximum absolute atomic E-state index is 12.5. The van der Waals surface area contributed by atoms with Crippen LogP contribution >= 0.6 is 11.6 Å². The van der Waals surface area contributed by atoms with Crippen molar-refractivity contribution < 1.29 is 14.3 Å². The van der Waals surface area contributed by atoms with Crippen molar-refractivity contribution in [3.05, 3.63) is 65.6 Å². The van der Waals surface area contributed by atoms with Crippen molar-refractivity contribution in [3.8, 4) is 17.2 Å². The molecule has 0 aliphatic heterocycles. The molecule has 2 aromatic heterocycles. The third kappa shape index (κ3) is 3.58.